The van der Waals surface area contributed by atoms with Crippen LogP contribution in [0, 0.1) is 0 Å². The van der Waals surface area contributed by atoms with E-state index >= 15 is 0 Å². The number of aldehydes is 1. The number of hydrogen-bond donors (Lipinski definition) is 3. The highest BCUT2D eigenvalue weighted by Crippen LogP contribution is 2.23. The Morgan fingerprint density at radius 3 is 2.38 bits per heavy atom. The summed E-state index contributed by atoms with van der Waals surface area (Å²) in [6, 6.07) is 4.18. The Morgan fingerprint density at radius 1 is 1.04 bits per heavy atom. The molecule has 0 fully saturated rings. The molecule has 0 aromatic heterocycles. The summed E-state index contributed by atoms with van der Waals surface area (Å²) < 4.78 is 0. The molecule has 5 nitrogen and oxygen atoms in total. The van der Waals surface area contributed by atoms with Crippen LogP contribution in [0.3, 0.4) is 0 Å². The van der Waals surface area contributed by atoms with Gasteiger partial charge in [0.15, 0.2) is 0 Å². The number of allylic oxidation sites excluding steroid dienone is 5. The monoisotopic (exact) mass is 358 g/mol. The van der Waals surface area contributed by atoms with Gasteiger partial charge in [0.1, 0.15) is 17.8 Å². The number of aromatic hydroxyl groups is 2. The van der Waals surface area contributed by atoms with Gasteiger partial charge in [-0.1, -0.05) is 23.8 Å². The topological polar surface area (TPSA) is 94.8 Å². The Hall–Kier alpha value is -2.82. The van der Waals surface area contributed by atoms with E-state index in [9.17, 15) is 24.9 Å². The summed E-state index contributed by atoms with van der Waals surface area (Å²) in [6.45, 7) is 3.75. The normalized spacial score (nSPS) is 12.9. The van der Waals surface area contributed by atoms with Gasteiger partial charge in [0.25, 0.3) is 0 Å². The first-order valence-electron chi connectivity index (χ1n) is 8.54. The zero-order valence-corrected chi connectivity index (χ0v) is 15.2. The lowest BCUT2D eigenvalue weighted by molar-refractivity contribution is -0.132. The fourth-order valence-electron chi connectivity index (χ4n) is 2.42. The summed E-state index contributed by atoms with van der Waals surface area (Å²) in [4.78, 5) is 21.9. The summed E-state index contributed by atoms with van der Waals surface area (Å²) in [7, 11) is 0. The molecule has 0 unspecified atom stereocenters. The highest BCUT2D eigenvalue weighted by Gasteiger charge is 2.08. The summed E-state index contributed by atoms with van der Waals surface area (Å²) in [6.07, 6.45) is 9.12. The Kier molecular flexibility index (Phi) is 8.92. The second-order valence-corrected chi connectivity index (χ2v) is 6.25. The molecule has 0 aliphatic carbocycles. The minimum atomic E-state index is -0.986. The van der Waals surface area contributed by atoms with Gasteiger partial charge in [-0.3, -0.25) is 4.79 Å². The van der Waals surface area contributed by atoms with E-state index in [1.807, 2.05) is 19.1 Å². The molecule has 1 aromatic rings. The van der Waals surface area contributed by atoms with Crippen LogP contribution in [0.25, 0.3) is 0 Å². The molecular weight excluding hydrogens is 332 g/mol. The molecule has 3 N–H and O–H groups in total. The molecule has 0 atom stereocenters. The van der Waals surface area contributed by atoms with Gasteiger partial charge < -0.3 is 15.3 Å². The number of rotatable bonds is 10. The molecule has 1 rings (SSSR count). The zero-order chi connectivity index (χ0) is 19.5. The first-order valence-corrected chi connectivity index (χ1v) is 8.54. The lowest BCUT2D eigenvalue weighted by Crippen LogP contribution is -2.01. The molecule has 0 spiro atoms. The van der Waals surface area contributed by atoms with Gasteiger partial charge in [0, 0.05) is 11.1 Å². The molecule has 1 aromatic carbocycles. The molecule has 26 heavy (non-hydrogen) atoms. The summed E-state index contributed by atoms with van der Waals surface area (Å²) in [5, 5.41) is 28.5. The van der Waals surface area contributed by atoms with Gasteiger partial charge in [-0.05, 0) is 69.7 Å². The van der Waals surface area contributed by atoms with Crippen LogP contribution in [0.5, 0.6) is 11.5 Å². The van der Waals surface area contributed by atoms with Crippen molar-refractivity contribution in [3.05, 3.63) is 58.7 Å². The number of carbonyl (C=O) groups is 2. The minimum Gasteiger partial charge on any atom is -0.508 e. The van der Waals surface area contributed by atoms with Gasteiger partial charge >= 0.3 is 5.97 Å². The van der Waals surface area contributed by atoms with Crippen LogP contribution in [0.1, 0.15) is 45.1 Å². The van der Waals surface area contributed by atoms with Crippen LogP contribution >= 0.6 is 0 Å². The van der Waals surface area contributed by atoms with Crippen molar-refractivity contribution < 1.29 is 24.9 Å². The number of carboxylic acid groups (broad SMARTS) is 1. The van der Waals surface area contributed by atoms with Crippen LogP contribution in [0.15, 0.2) is 53.1 Å². The zero-order valence-electron chi connectivity index (χ0n) is 15.2. The van der Waals surface area contributed by atoms with E-state index in [1.54, 1.807) is 13.0 Å². The molecule has 5 heteroatoms. The van der Waals surface area contributed by atoms with Crippen molar-refractivity contribution in [2.24, 2.45) is 0 Å². The number of benzene rings is 1. The first kappa shape index (κ1) is 21.2. The van der Waals surface area contributed by atoms with Crippen molar-refractivity contribution >= 4 is 12.3 Å². The van der Waals surface area contributed by atoms with Crippen LogP contribution < -0.4 is 0 Å². The van der Waals surface area contributed by atoms with Crippen molar-refractivity contribution in [3.8, 4) is 11.5 Å². The van der Waals surface area contributed by atoms with E-state index in [2.05, 4.69) is 0 Å². The predicted molar refractivity (Wildman–Crippen MR) is 101 cm³/mol. The average Bonchev–Trinajstić information content (AvgIpc) is 2.60. The number of hydrogen-bond acceptors (Lipinski definition) is 4. The third-order valence-corrected chi connectivity index (χ3v) is 4.00. The molecule has 0 aliphatic rings. The Morgan fingerprint density at radius 2 is 1.73 bits per heavy atom. The van der Waals surface area contributed by atoms with E-state index in [0.717, 1.165) is 24.7 Å². The third-order valence-electron chi connectivity index (χ3n) is 4.00. The first-order chi connectivity index (χ1) is 12.3. The van der Waals surface area contributed by atoms with Crippen LogP contribution in [0.2, 0.25) is 0 Å². The van der Waals surface area contributed by atoms with Crippen molar-refractivity contribution in [3.63, 3.8) is 0 Å². The van der Waals surface area contributed by atoms with E-state index in [4.69, 9.17) is 0 Å². The lowest BCUT2D eigenvalue weighted by atomic mass is 10.0. The smallest absolute Gasteiger partial charge is 0.331 e. The van der Waals surface area contributed by atoms with Crippen molar-refractivity contribution in [1.29, 1.82) is 0 Å². The van der Waals surface area contributed by atoms with Crippen LogP contribution in [-0.4, -0.2) is 27.6 Å². The second kappa shape index (κ2) is 10.9. The number of phenolic OH excluding ortho intramolecular Hbond substituents is 2. The Bertz CT molecular complexity index is 726. The highest BCUT2D eigenvalue weighted by molar-refractivity contribution is 5.86. The minimum absolute atomic E-state index is 0.0261. The fraction of sp³-hybridized carbons (Fsp3) is 0.333. The van der Waals surface area contributed by atoms with E-state index in [0.29, 0.717) is 24.0 Å². The van der Waals surface area contributed by atoms with E-state index in [-0.39, 0.29) is 23.5 Å². The van der Waals surface area contributed by atoms with Crippen molar-refractivity contribution in [2.45, 2.75) is 46.0 Å². The van der Waals surface area contributed by atoms with Crippen LogP contribution in [-0.2, 0) is 16.0 Å². The van der Waals surface area contributed by atoms with E-state index < -0.39 is 5.97 Å². The number of carbonyl (C=O) groups excluding carboxylic acids is 1. The van der Waals surface area contributed by atoms with E-state index in [1.165, 1.54) is 18.2 Å². The van der Waals surface area contributed by atoms with Crippen molar-refractivity contribution in [2.75, 3.05) is 0 Å². The molecule has 0 saturated carbocycles. The molecule has 0 radical (unpaired) electrons. The molecule has 0 amide bonds. The maximum atomic E-state index is 11.4. The largest absolute Gasteiger partial charge is 0.508 e. The number of carboxylic acids is 1. The molecular formula is C21H26O5. The Labute approximate surface area is 154 Å². The highest BCUT2D eigenvalue weighted by atomic mass is 16.4. The standard InChI is InChI=1S/C21H26O5/c1-15(5-3-7-16(2)14-22)6-4-8-17(21(25)26)9-10-18-13-19(23)11-12-20(18)24/h6-7,9,11-14,23-24H,3-5,8,10H2,1-2H3,(H,25,26)/b15-6+,16-7+,17-9-. The molecule has 0 saturated heterocycles. The van der Waals surface area contributed by atoms with Gasteiger partial charge in [0.05, 0.1) is 0 Å². The van der Waals surface area contributed by atoms with Crippen LogP contribution in [0.4, 0.5) is 0 Å². The summed E-state index contributed by atoms with van der Waals surface area (Å²) >= 11 is 0. The molecule has 140 valence electrons. The maximum absolute atomic E-state index is 11.4. The number of phenols is 2. The quantitative estimate of drug-likeness (QED) is 0.251. The predicted octanol–water partition coefficient (Wildman–Crippen LogP) is 4.30. The van der Waals surface area contributed by atoms with Gasteiger partial charge in [-0.25, -0.2) is 4.79 Å². The SMILES string of the molecule is C/C(C=O)=C\CC/C(C)=C/CC/C(=C/Cc1cc(O)ccc1O)C(=O)O. The van der Waals surface area contributed by atoms with Crippen molar-refractivity contribution in [1.82, 2.24) is 0 Å². The second-order valence-electron chi connectivity index (χ2n) is 6.25. The van der Waals surface area contributed by atoms with Gasteiger partial charge in [-0.15, -0.1) is 0 Å². The lowest BCUT2D eigenvalue weighted by Gasteiger charge is -2.05. The molecule has 0 heterocycles. The fourth-order valence-corrected chi connectivity index (χ4v) is 2.42. The number of aliphatic carboxylic acids is 1. The molecule has 0 bridgehead atoms. The third kappa shape index (κ3) is 7.83. The Balaban J connectivity index is 2.62. The summed E-state index contributed by atoms with van der Waals surface area (Å²) in [5.41, 5.74) is 2.61. The maximum Gasteiger partial charge on any atom is 0.331 e. The molecule has 0 aliphatic heterocycles. The average molecular weight is 358 g/mol. The summed E-state index contributed by atoms with van der Waals surface area (Å²) in [5.74, 6) is -0.932. The van der Waals surface area contributed by atoms with Gasteiger partial charge in [-0.2, -0.15) is 0 Å². The van der Waals surface area contributed by atoms with Gasteiger partial charge in [0.2, 0.25) is 0 Å².